The van der Waals surface area contributed by atoms with Crippen molar-refractivity contribution in [3.63, 3.8) is 0 Å². The minimum absolute atomic E-state index is 0.0580. The highest BCUT2D eigenvalue weighted by Gasteiger charge is 2.22. The van der Waals surface area contributed by atoms with Gasteiger partial charge in [0.2, 0.25) is 5.91 Å². The van der Waals surface area contributed by atoms with Crippen LogP contribution in [0.4, 0.5) is 17.1 Å². The van der Waals surface area contributed by atoms with Crippen molar-refractivity contribution >= 4 is 23.0 Å². The summed E-state index contributed by atoms with van der Waals surface area (Å²) in [5.41, 5.74) is 6.02. The number of hydrogen-bond donors (Lipinski definition) is 1. The van der Waals surface area contributed by atoms with E-state index in [9.17, 15) is 4.79 Å². The van der Waals surface area contributed by atoms with Gasteiger partial charge >= 0.3 is 0 Å². The monoisotopic (exact) mass is 408 g/mol. The van der Waals surface area contributed by atoms with E-state index in [0.29, 0.717) is 0 Å². The molecular formula is C26H24N4O. The van der Waals surface area contributed by atoms with E-state index in [4.69, 9.17) is 0 Å². The molecule has 1 amide bonds. The van der Waals surface area contributed by atoms with Gasteiger partial charge in [-0.05, 0) is 60.0 Å². The van der Waals surface area contributed by atoms with Crippen LogP contribution < -0.4 is 10.2 Å². The molecule has 1 atom stereocenters. The van der Waals surface area contributed by atoms with E-state index in [-0.39, 0.29) is 11.9 Å². The molecule has 4 aromatic rings. The molecule has 5 heteroatoms. The van der Waals surface area contributed by atoms with Gasteiger partial charge in [0.1, 0.15) is 0 Å². The minimum atomic E-state index is -0.0950. The molecule has 0 saturated carbocycles. The second kappa shape index (κ2) is 9.22. The van der Waals surface area contributed by atoms with E-state index in [0.717, 1.165) is 33.8 Å². The SMILES string of the molecule is CC(=O)Nc1ccc(-c2ccccc2)c(C(C)N(c2cccnc2)c2cccnc2)c1. The molecule has 0 aliphatic heterocycles. The molecule has 0 fully saturated rings. The van der Waals surface area contributed by atoms with Crippen LogP contribution >= 0.6 is 0 Å². The number of nitrogens with zero attached hydrogens (tertiary/aromatic N) is 3. The summed E-state index contributed by atoms with van der Waals surface area (Å²) in [6, 6.07) is 24.2. The van der Waals surface area contributed by atoms with Gasteiger partial charge in [0.25, 0.3) is 0 Å². The van der Waals surface area contributed by atoms with E-state index in [1.54, 1.807) is 12.4 Å². The zero-order valence-electron chi connectivity index (χ0n) is 17.6. The van der Waals surface area contributed by atoms with Gasteiger partial charge in [-0.15, -0.1) is 0 Å². The summed E-state index contributed by atoms with van der Waals surface area (Å²) in [5.74, 6) is -0.0950. The maximum Gasteiger partial charge on any atom is 0.221 e. The van der Waals surface area contributed by atoms with Crippen molar-refractivity contribution in [1.29, 1.82) is 0 Å². The largest absolute Gasteiger partial charge is 0.332 e. The zero-order chi connectivity index (χ0) is 21.6. The van der Waals surface area contributed by atoms with Crippen molar-refractivity contribution in [2.75, 3.05) is 10.2 Å². The van der Waals surface area contributed by atoms with Crippen molar-refractivity contribution in [3.05, 3.63) is 103 Å². The summed E-state index contributed by atoms with van der Waals surface area (Å²) in [6.07, 6.45) is 7.23. The number of amides is 1. The van der Waals surface area contributed by atoms with Gasteiger partial charge in [-0.3, -0.25) is 14.8 Å². The van der Waals surface area contributed by atoms with E-state index < -0.39 is 0 Å². The fraction of sp³-hybridized carbons (Fsp3) is 0.115. The number of carbonyl (C=O) groups is 1. The Labute approximate surface area is 182 Å². The molecule has 0 radical (unpaired) electrons. The molecule has 0 saturated heterocycles. The first-order valence-corrected chi connectivity index (χ1v) is 10.2. The highest BCUT2D eigenvalue weighted by Crippen LogP contribution is 2.39. The van der Waals surface area contributed by atoms with Crippen LogP contribution in [0.1, 0.15) is 25.5 Å². The van der Waals surface area contributed by atoms with E-state index in [2.05, 4.69) is 45.3 Å². The third kappa shape index (κ3) is 4.61. The van der Waals surface area contributed by atoms with Crippen LogP contribution in [-0.2, 0) is 4.79 Å². The molecule has 2 aromatic heterocycles. The Balaban J connectivity index is 1.87. The van der Waals surface area contributed by atoms with Crippen LogP contribution in [0.2, 0.25) is 0 Å². The smallest absolute Gasteiger partial charge is 0.221 e. The van der Waals surface area contributed by atoms with Crippen LogP contribution in [0.3, 0.4) is 0 Å². The summed E-state index contributed by atoms with van der Waals surface area (Å²) in [4.78, 5) is 22.5. The molecule has 4 rings (SSSR count). The molecule has 0 spiro atoms. The maximum absolute atomic E-state index is 11.7. The summed E-state index contributed by atoms with van der Waals surface area (Å²) in [5, 5.41) is 2.92. The quantitative estimate of drug-likeness (QED) is 0.425. The predicted octanol–water partition coefficient (Wildman–Crippen LogP) is 6.00. The average molecular weight is 409 g/mol. The van der Waals surface area contributed by atoms with Crippen molar-refractivity contribution in [2.24, 2.45) is 0 Å². The minimum Gasteiger partial charge on any atom is -0.332 e. The van der Waals surface area contributed by atoms with Crippen LogP contribution in [0, 0.1) is 0 Å². The molecule has 5 nitrogen and oxygen atoms in total. The standard InChI is InChI=1S/C26H24N4O/c1-19(30(23-10-6-14-27-17-23)24-11-7-15-28-18-24)26-16-22(29-20(2)31)12-13-25(26)21-8-4-3-5-9-21/h3-19H,1-2H3,(H,29,31). The number of anilines is 3. The highest BCUT2D eigenvalue weighted by molar-refractivity contribution is 5.89. The Kier molecular flexibility index (Phi) is 6.03. The topological polar surface area (TPSA) is 58.1 Å². The predicted molar refractivity (Wildman–Crippen MR) is 125 cm³/mol. The fourth-order valence-corrected chi connectivity index (χ4v) is 3.80. The fourth-order valence-electron chi connectivity index (χ4n) is 3.80. The van der Waals surface area contributed by atoms with E-state index in [1.807, 2.05) is 67.0 Å². The lowest BCUT2D eigenvalue weighted by Gasteiger charge is -2.32. The molecule has 0 aliphatic rings. The first-order valence-electron chi connectivity index (χ1n) is 10.2. The normalized spacial score (nSPS) is 11.5. The van der Waals surface area contributed by atoms with Crippen LogP contribution in [0.25, 0.3) is 11.1 Å². The molecule has 31 heavy (non-hydrogen) atoms. The van der Waals surface area contributed by atoms with Gasteiger partial charge in [-0.25, -0.2) is 0 Å². The molecule has 2 heterocycles. The third-order valence-corrected chi connectivity index (χ3v) is 5.14. The molecule has 1 N–H and O–H groups in total. The first kappa shape index (κ1) is 20.3. The molecule has 154 valence electrons. The lowest BCUT2D eigenvalue weighted by Crippen LogP contribution is -2.22. The van der Waals surface area contributed by atoms with Gasteiger partial charge in [-0.2, -0.15) is 0 Å². The Morgan fingerprint density at radius 1 is 0.871 bits per heavy atom. The van der Waals surface area contributed by atoms with Gasteiger partial charge in [-0.1, -0.05) is 36.4 Å². The number of pyridine rings is 2. The summed E-state index contributed by atoms with van der Waals surface area (Å²) >= 11 is 0. The Morgan fingerprint density at radius 2 is 1.52 bits per heavy atom. The second-order valence-corrected chi connectivity index (χ2v) is 7.32. The number of nitrogens with one attached hydrogen (secondary N) is 1. The van der Waals surface area contributed by atoms with Crippen LogP contribution in [0.5, 0.6) is 0 Å². The molecule has 0 bridgehead atoms. The maximum atomic E-state index is 11.7. The number of aromatic nitrogens is 2. The Bertz CT molecular complexity index is 1110. The van der Waals surface area contributed by atoms with Gasteiger partial charge < -0.3 is 10.2 Å². The lowest BCUT2D eigenvalue weighted by molar-refractivity contribution is -0.114. The number of hydrogen-bond acceptors (Lipinski definition) is 4. The van der Waals surface area contributed by atoms with Crippen molar-refractivity contribution in [3.8, 4) is 11.1 Å². The first-order chi connectivity index (χ1) is 15.1. The van der Waals surface area contributed by atoms with Gasteiger partial charge in [0, 0.05) is 25.0 Å². The third-order valence-electron chi connectivity index (χ3n) is 5.14. The van der Waals surface area contributed by atoms with Crippen LogP contribution in [-0.4, -0.2) is 15.9 Å². The molecular weight excluding hydrogens is 384 g/mol. The molecule has 0 aliphatic carbocycles. The van der Waals surface area contributed by atoms with Crippen molar-refractivity contribution < 1.29 is 4.79 Å². The van der Waals surface area contributed by atoms with Gasteiger partial charge in [0.05, 0.1) is 29.8 Å². The second-order valence-electron chi connectivity index (χ2n) is 7.32. The number of benzene rings is 2. The van der Waals surface area contributed by atoms with Crippen molar-refractivity contribution in [2.45, 2.75) is 19.9 Å². The molecule has 1 unspecified atom stereocenters. The average Bonchev–Trinajstić information content (AvgIpc) is 2.81. The highest BCUT2D eigenvalue weighted by atomic mass is 16.1. The van der Waals surface area contributed by atoms with E-state index >= 15 is 0 Å². The Hall–Kier alpha value is -3.99. The van der Waals surface area contributed by atoms with Gasteiger partial charge in [0.15, 0.2) is 0 Å². The number of rotatable bonds is 6. The summed E-state index contributed by atoms with van der Waals surface area (Å²) in [7, 11) is 0. The molecule has 2 aromatic carbocycles. The lowest BCUT2D eigenvalue weighted by atomic mass is 9.93. The van der Waals surface area contributed by atoms with E-state index in [1.165, 1.54) is 6.92 Å². The number of carbonyl (C=O) groups excluding carboxylic acids is 1. The van der Waals surface area contributed by atoms with Crippen molar-refractivity contribution in [1.82, 2.24) is 9.97 Å². The van der Waals surface area contributed by atoms with Crippen LogP contribution in [0.15, 0.2) is 97.6 Å². The summed E-state index contributed by atoms with van der Waals surface area (Å²) in [6.45, 7) is 3.67. The zero-order valence-corrected chi connectivity index (χ0v) is 17.6. The Morgan fingerprint density at radius 3 is 2.06 bits per heavy atom. The summed E-state index contributed by atoms with van der Waals surface area (Å²) < 4.78 is 0.